The van der Waals surface area contributed by atoms with Crippen molar-refractivity contribution < 1.29 is 4.79 Å². The standard InChI is InChI=1S/C15H21N5O.ClH/c1-11(2)15(3,10-16)17-14(21)13-9-20(19-18-13)12-7-5-4-6-8-12;/h4-9,11H,10,16H2,1-3H3,(H,17,21);1H. The number of amides is 1. The summed E-state index contributed by atoms with van der Waals surface area (Å²) in [6.07, 6.45) is 1.61. The first-order chi connectivity index (χ1) is 9.96. The first-order valence-electron chi connectivity index (χ1n) is 6.96. The van der Waals surface area contributed by atoms with Gasteiger partial charge in [0.15, 0.2) is 5.69 Å². The number of nitrogens with one attached hydrogen (secondary N) is 1. The zero-order valence-electron chi connectivity index (χ0n) is 13.0. The summed E-state index contributed by atoms with van der Waals surface area (Å²) in [5, 5.41) is 10.9. The Hall–Kier alpha value is -1.92. The van der Waals surface area contributed by atoms with Crippen LogP contribution in [-0.4, -0.2) is 33.0 Å². The van der Waals surface area contributed by atoms with E-state index in [1.807, 2.05) is 51.1 Å². The van der Waals surface area contributed by atoms with E-state index < -0.39 is 5.54 Å². The Morgan fingerprint density at radius 1 is 1.36 bits per heavy atom. The van der Waals surface area contributed by atoms with Crippen LogP contribution in [0.3, 0.4) is 0 Å². The Morgan fingerprint density at radius 2 is 2.00 bits per heavy atom. The van der Waals surface area contributed by atoms with E-state index >= 15 is 0 Å². The summed E-state index contributed by atoms with van der Waals surface area (Å²) in [5.41, 5.74) is 6.44. The van der Waals surface area contributed by atoms with Gasteiger partial charge in [-0.15, -0.1) is 17.5 Å². The average molecular weight is 324 g/mol. The molecule has 1 aromatic heterocycles. The Kier molecular flexibility index (Phi) is 6.08. The van der Waals surface area contributed by atoms with Crippen LogP contribution in [0.15, 0.2) is 36.5 Å². The second-order valence-electron chi connectivity index (χ2n) is 5.61. The molecule has 1 aromatic carbocycles. The van der Waals surface area contributed by atoms with Gasteiger partial charge in [-0.2, -0.15) is 0 Å². The number of benzene rings is 1. The van der Waals surface area contributed by atoms with Gasteiger partial charge in [0, 0.05) is 6.54 Å². The lowest BCUT2D eigenvalue weighted by Gasteiger charge is -2.33. The molecule has 0 radical (unpaired) electrons. The molecular weight excluding hydrogens is 302 g/mol. The fourth-order valence-electron chi connectivity index (χ4n) is 1.83. The number of nitrogens with two attached hydrogens (primary N) is 1. The van der Waals surface area contributed by atoms with Crippen molar-refractivity contribution in [1.29, 1.82) is 0 Å². The summed E-state index contributed by atoms with van der Waals surface area (Å²) in [6.45, 7) is 6.34. The van der Waals surface area contributed by atoms with Crippen molar-refractivity contribution in [2.24, 2.45) is 11.7 Å². The van der Waals surface area contributed by atoms with E-state index in [1.54, 1.807) is 10.9 Å². The zero-order chi connectivity index (χ0) is 15.5. The molecule has 2 rings (SSSR count). The van der Waals surface area contributed by atoms with Crippen LogP contribution in [0.25, 0.3) is 5.69 Å². The number of nitrogens with zero attached hydrogens (tertiary/aromatic N) is 3. The van der Waals surface area contributed by atoms with Gasteiger partial charge in [-0.3, -0.25) is 4.79 Å². The molecule has 2 aromatic rings. The number of hydrogen-bond donors (Lipinski definition) is 2. The van der Waals surface area contributed by atoms with E-state index in [9.17, 15) is 4.79 Å². The van der Waals surface area contributed by atoms with Gasteiger partial charge >= 0.3 is 0 Å². The Balaban J connectivity index is 0.00000242. The van der Waals surface area contributed by atoms with Gasteiger partial charge in [-0.1, -0.05) is 37.3 Å². The minimum Gasteiger partial charge on any atom is -0.344 e. The van der Waals surface area contributed by atoms with E-state index in [1.165, 1.54) is 0 Å². The molecule has 0 aliphatic heterocycles. The summed E-state index contributed by atoms with van der Waals surface area (Å²) in [4.78, 5) is 12.3. The Bertz CT molecular complexity index is 613. The predicted octanol–water partition coefficient (Wildman–Crippen LogP) is 1.79. The van der Waals surface area contributed by atoms with Crippen LogP contribution in [-0.2, 0) is 0 Å². The van der Waals surface area contributed by atoms with Gasteiger partial charge in [-0.05, 0) is 25.0 Å². The summed E-state index contributed by atoms with van der Waals surface area (Å²) < 4.78 is 1.57. The number of para-hydroxylation sites is 1. The van der Waals surface area contributed by atoms with E-state index in [2.05, 4.69) is 15.6 Å². The molecule has 6 nitrogen and oxygen atoms in total. The number of rotatable bonds is 5. The second kappa shape index (κ2) is 7.38. The van der Waals surface area contributed by atoms with Crippen molar-refractivity contribution in [3.63, 3.8) is 0 Å². The second-order valence-corrected chi connectivity index (χ2v) is 5.61. The van der Waals surface area contributed by atoms with Crippen molar-refractivity contribution in [2.75, 3.05) is 6.54 Å². The Morgan fingerprint density at radius 3 is 2.55 bits per heavy atom. The summed E-state index contributed by atoms with van der Waals surface area (Å²) >= 11 is 0. The molecule has 0 saturated carbocycles. The molecule has 22 heavy (non-hydrogen) atoms. The van der Waals surface area contributed by atoms with Gasteiger partial charge in [-0.25, -0.2) is 4.68 Å². The van der Waals surface area contributed by atoms with E-state index in [-0.39, 0.29) is 29.9 Å². The Labute approximate surface area is 136 Å². The van der Waals surface area contributed by atoms with Crippen LogP contribution < -0.4 is 11.1 Å². The molecule has 0 spiro atoms. The number of hydrogen-bond acceptors (Lipinski definition) is 4. The number of carbonyl (C=O) groups excluding carboxylic acids is 1. The maximum absolute atomic E-state index is 12.3. The van der Waals surface area contributed by atoms with E-state index in [0.29, 0.717) is 6.54 Å². The van der Waals surface area contributed by atoms with E-state index in [4.69, 9.17) is 5.73 Å². The van der Waals surface area contributed by atoms with Crippen molar-refractivity contribution >= 4 is 18.3 Å². The monoisotopic (exact) mass is 323 g/mol. The maximum Gasteiger partial charge on any atom is 0.273 e. The molecule has 0 aliphatic rings. The molecule has 0 saturated heterocycles. The SMILES string of the molecule is CC(C)C(C)(CN)NC(=O)c1cn(-c2ccccc2)nn1.Cl. The molecule has 7 heteroatoms. The minimum absolute atomic E-state index is 0. The molecule has 1 unspecified atom stereocenters. The lowest BCUT2D eigenvalue weighted by molar-refractivity contribution is 0.0878. The van der Waals surface area contributed by atoms with Crippen molar-refractivity contribution in [3.8, 4) is 5.69 Å². The molecule has 1 amide bonds. The zero-order valence-corrected chi connectivity index (χ0v) is 13.8. The van der Waals surface area contributed by atoms with Gasteiger partial charge in [0.1, 0.15) is 0 Å². The smallest absolute Gasteiger partial charge is 0.273 e. The lowest BCUT2D eigenvalue weighted by atomic mass is 9.88. The highest BCUT2D eigenvalue weighted by Crippen LogP contribution is 2.15. The number of aromatic nitrogens is 3. The topological polar surface area (TPSA) is 85.8 Å². The van der Waals surface area contributed by atoms with Gasteiger partial charge in [0.05, 0.1) is 17.4 Å². The minimum atomic E-state index is -0.465. The third-order valence-electron chi connectivity index (χ3n) is 3.84. The average Bonchev–Trinajstić information content (AvgIpc) is 2.97. The van der Waals surface area contributed by atoms with Crippen LogP contribution in [0.4, 0.5) is 0 Å². The first kappa shape index (κ1) is 18.1. The number of carbonyl (C=O) groups is 1. The predicted molar refractivity (Wildman–Crippen MR) is 88.4 cm³/mol. The molecule has 0 bridgehead atoms. The maximum atomic E-state index is 12.3. The highest BCUT2D eigenvalue weighted by molar-refractivity contribution is 5.92. The third-order valence-corrected chi connectivity index (χ3v) is 3.84. The van der Waals surface area contributed by atoms with Crippen LogP contribution >= 0.6 is 12.4 Å². The fourth-order valence-corrected chi connectivity index (χ4v) is 1.83. The van der Waals surface area contributed by atoms with Crippen LogP contribution in [0.5, 0.6) is 0 Å². The third kappa shape index (κ3) is 3.84. The van der Waals surface area contributed by atoms with Gasteiger partial charge in [0.25, 0.3) is 5.91 Å². The van der Waals surface area contributed by atoms with Gasteiger partial charge in [0.2, 0.25) is 0 Å². The normalized spacial score (nSPS) is 13.3. The molecule has 120 valence electrons. The quantitative estimate of drug-likeness (QED) is 0.878. The van der Waals surface area contributed by atoms with Crippen LogP contribution in [0.1, 0.15) is 31.3 Å². The molecule has 1 atom stereocenters. The summed E-state index contributed by atoms with van der Waals surface area (Å²) in [5.74, 6) is -0.0468. The summed E-state index contributed by atoms with van der Waals surface area (Å²) in [7, 11) is 0. The van der Waals surface area contributed by atoms with Crippen molar-refractivity contribution in [1.82, 2.24) is 20.3 Å². The lowest BCUT2D eigenvalue weighted by Crippen LogP contribution is -2.55. The van der Waals surface area contributed by atoms with E-state index in [0.717, 1.165) is 5.69 Å². The summed E-state index contributed by atoms with van der Waals surface area (Å²) in [6, 6.07) is 9.52. The van der Waals surface area contributed by atoms with Gasteiger partial charge < -0.3 is 11.1 Å². The fraction of sp³-hybridized carbons (Fsp3) is 0.400. The first-order valence-corrected chi connectivity index (χ1v) is 6.96. The molecule has 3 N–H and O–H groups in total. The van der Waals surface area contributed by atoms with Crippen LogP contribution in [0, 0.1) is 5.92 Å². The van der Waals surface area contributed by atoms with Crippen LogP contribution in [0.2, 0.25) is 0 Å². The number of halogens is 1. The molecule has 1 heterocycles. The highest BCUT2D eigenvalue weighted by Gasteiger charge is 2.29. The highest BCUT2D eigenvalue weighted by atomic mass is 35.5. The largest absolute Gasteiger partial charge is 0.344 e. The molecule has 0 aliphatic carbocycles. The van der Waals surface area contributed by atoms with Crippen molar-refractivity contribution in [2.45, 2.75) is 26.3 Å². The molecule has 0 fully saturated rings. The van der Waals surface area contributed by atoms with Crippen molar-refractivity contribution in [3.05, 3.63) is 42.2 Å². The molecular formula is C15H22ClN5O.